The van der Waals surface area contributed by atoms with Gasteiger partial charge in [0.25, 0.3) is 17.3 Å². The number of amides is 1. The molecule has 1 aromatic carbocycles. The van der Waals surface area contributed by atoms with Gasteiger partial charge >= 0.3 is 0 Å². The molecule has 1 N–H and O–H groups in total. The van der Waals surface area contributed by atoms with Crippen LogP contribution < -0.4 is 5.32 Å². The molecule has 0 aliphatic rings. The van der Waals surface area contributed by atoms with Crippen LogP contribution in [0.25, 0.3) is 0 Å². The summed E-state index contributed by atoms with van der Waals surface area (Å²) in [7, 11) is 0. The number of nitrogens with zero attached hydrogens (tertiary/aromatic N) is 2. The van der Waals surface area contributed by atoms with Crippen molar-refractivity contribution in [2.75, 3.05) is 5.32 Å². The van der Waals surface area contributed by atoms with Gasteiger partial charge in [-0.3, -0.25) is 25.0 Å². The SMILES string of the molecule is O=C(Nc1ccc([N+](=O)[O-])cc1[N+](=O)[O-])c1sccc1Br. The molecule has 0 saturated heterocycles. The van der Waals surface area contributed by atoms with Crippen LogP contribution in [0, 0.1) is 20.2 Å². The smallest absolute Gasteiger partial charge is 0.299 e. The van der Waals surface area contributed by atoms with Crippen LogP contribution in [0.3, 0.4) is 0 Å². The molecular weight excluding hydrogens is 366 g/mol. The number of hydrogen-bond acceptors (Lipinski definition) is 6. The first kappa shape index (κ1) is 15.1. The lowest BCUT2D eigenvalue weighted by molar-refractivity contribution is -0.393. The molecule has 0 unspecified atom stereocenters. The minimum absolute atomic E-state index is 0.101. The largest absolute Gasteiger partial charge is 0.315 e. The predicted octanol–water partition coefficient (Wildman–Crippen LogP) is 3.58. The Morgan fingerprint density at radius 1 is 1.19 bits per heavy atom. The van der Waals surface area contributed by atoms with E-state index in [-0.39, 0.29) is 5.69 Å². The molecule has 1 amide bonds. The number of nitro groups is 2. The molecule has 0 fully saturated rings. The molecule has 1 heterocycles. The van der Waals surface area contributed by atoms with E-state index in [1.165, 1.54) is 0 Å². The summed E-state index contributed by atoms with van der Waals surface area (Å²) in [4.78, 5) is 32.4. The first-order chi connectivity index (χ1) is 9.90. The monoisotopic (exact) mass is 371 g/mol. The summed E-state index contributed by atoms with van der Waals surface area (Å²) < 4.78 is 0.564. The zero-order chi connectivity index (χ0) is 15.6. The average Bonchev–Trinajstić information content (AvgIpc) is 2.85. The number of halogens is 1. The number of benzene rings is 1. The fraction of sp³-hybridized carbons (Fsp3) is 0. The lowest BCUT2D eigenvalue weighted by Gasteiger charge is -2.05. The lowest BCUT2D eigenvalue weighted by atomic mass is 10.2. The molecule has 1 aromatic heterocycles. The van der Waals surface area contributed by atoms with Crippen molar-refractivity contribution in [1.82, 2.24) is 0 Å². The zero-order valence-corrected chi connectivity index (χ0v) is 12.5. The highest BCUT2D eigenvalue weighted by Crippen LogP contribution is 2.30. The number of carbonyl (C=O) groups is 1. The molecule has 0 spiro atoms. The third-order valence-corrected chi connectivity index (χ3v) is 4.30. The summed E-state index contributed by atoms with van der Waals surface area (Å²) >= 11 is 4.35. The molecule has 0 bridgehead atoms. The van der Waals surface area contributed by atoms with Crippen LogP contribution in [0.5, 0.6) is 0 Å². The first-order valence-corrected chi connectivity index (χ1v) is 7.04. The van der Waals surface area contributed by atoms with E-state index in [4.69, 9.17) is 0 Å². The Morgan fingerprint density at radius 3 is 2.43 bits per heavy atom. The molecule has 108 valence electrons. The van der Waals surface area contributed by atoms with Crippen LogP contribution in [0.2, 0.25) is 0 Å². The Bertz CT molecular complexity index is 745. The van der Waals surface area contributed by atoms with Gasteiger partial charge in [-0.2, -0.15) is 0 Å². The molecule has 8 nitrogen and oxygen atoms in total. The Hall–Kier alpha value is -2.33. The quantitative estimate of drug-likeness (QED) is 0.651. The topological polar surface area (TPSA) is 115 Å². The van der Waals surface area contributed by atoms with Crippen molar-refractivity contribution >= 4 is 50.2 Å². The Morgan fingerprint density at radius 2 is 1.90 bits per heavy atom. The number of rotatable bonds is 4. The Kier molecular flexibility index (Phi) is 4.29. The molecule has 0 aliphatic heterocycles. The molecular formula is C11H6BrN3O5S. The van der Waals surface area contributed by atoms with Gasteiger partial charge in [-0.1, -0.05) is 0 Å². The molecule has 0 radical (unpaired) electrons. The highest BCUT2D eigenvalue weighted by Gasteiger charge is 2.22. The third kappa shape index (κ3) is 3.23. The number of anilines is 1. The van der Waals surface area contributed by atoms with E-state index in [2.05, 4.69) is 21.2 Å². The number of hydrogen-bond donors (Lipinski definition) is 1. The minimum atomic E-state index is -0.786. The molecule has 2 aromatic rings. The van der Waals surface area contributed by atoms with Crippen LogP contribution in [-0.4, -0.2) is 15.8 Å². The van der Waals surface area contributed by atoms with E-state index in [0.717, 1.165) is 29.5 Å². The maximum Gasteiger partial charge on any atom is 0.299 e. The van der Waals surface area contributed by atoms with E-state index < -0.39 is 27.1 Å². The summed E-state index contributed by atoms with van der Waals surface area (Å²) in [6.45, 7) is 0. The van der Waals surface area contributed by atoms with Crippen molar-refractivity contribution in [2.45, 2.75) is 0 Å². The van der Waals surface area contributed by atoms with Gasteiger partial charge in [0.1, 0.15) is 10.6 Å². The molecule has 21 heavy (non-hydrogen) atoms. The number of nitro benzene ring substituents is 2. The Labute approximate surface area is 129 Å². The van der Waals surface area contributed by atoms with Gasteiger partial charge in [0.2, 0.25) is 0 Å². The van der Waals surface area contributed by atoms with E-state index in [9.17, 15) is 25.0 Å². The zero-order valence-electron chi connectivity index (χ0n) is 10.1. The predicted molar refractivity (Wildman–Crippen MR) is 79.7 cm³/mol. The normalized spacial score (nSPS) is 10.1. The molecule has 0 aliphatic carbocycles. The van der Waals surface area contributed by atoms with Crippen molar-refractivity contribution in [3.05, 3.63) is 59.2 Å². The van der Waals surface area contributed by atoms with E-state index in [1.807, 2.05) is 0 Å². The second kappa shape index (κ2) is 5.97. The van der Waals surface area contributed by atoms with Crippen LogP contribution in [0.4, 0.5) is 17.1 Å². The maximum atomic E-state index is 12.0. The van der Waals surface area contributed by atoms with Crippen LogP contribution in [0.15, 0.2) is 34.1 Å². The molecule has 0 atom stereocenters. The van der Waals surface area contributed by atoms with Crippen molar-refractivity contribution < 1.29 is 14.6 Å². The number of thiophene rings is 1. The Balaban J connectivity index is 2.36. The fourth-order valence-corrected chi connectivity index (χ4v) is 2.97. The maximum absolute atomic E-state index is 12.0. The summed E-state index contributed by atoms with van der Waals surface area (Å²) in [5.41, 5.74) is -1.06. The molecule has 10 heteroatoms. The van der Waals surface area contributed by atoms with Gasteiger partial charge in [0.05, 0.1) is 15.9 Å². The molecule has 0 saturated carbocycles. The molecule has 2 rings (SSSR count). The van der Waals surface area contributed by atoms with Gasteiger partial charge in [-0.15, -0.1) is 11.3 Å². The summed E-state index contributed by atoms with van der Waals surface area (Å²) in [6, 6.07) is 4.70. The van der Waals surface area contributed by atoms with E-state index in [1.54, 1.807) is 11.4 Å². The van der Waals surface area contributed by atoms with Crippen molar-refractivity contribution in [2.24, 2.45) is 0 Å². The van der Waals surface area contributed by atoms with Gasteiger partial charge in [-0.05, 0) is 33.4 Å². The highest BCUT2D eigenvalue weighted by molar-refractivity contribution is 9.10. The third-order valence-electron chi connectivity index (χ3n) is 2.46. The van der Waals surface area contributed by atoms with Crippen LogP contribution in [0.1, 0.15) is 9.67 Å². The number of carbonyl (C=O) groups excluding carboxylic acids is 1. The summed E-state index contributed by atoms with van der Waals surface area (Å²) in [5.74, 6) is -0.533. The van der Waals surface area contributed by atoms with Crippen LogP contribution in [-0.2, 0) is 0 Å². The van der Waals surface area contributed by atoms with Crippen molar-refractivity contribution in [3.63, 3.8) is 0 Å². The summed E-state index contributed by atoms with van der Waals surface area (Å²) in [5, 5.41) is 25.7. The minimum Gasteiger partial charge on any atom is -0.315 e. The average molecular weight is 372 g/mol. The van der Waals surface area contributed by atoms with Gasteiger partial charge in [0.15, 0.2) is 0 Å². The second-order valence-corrected chi connectivity index (χ2v) is 5.54. The standard InChI is InChI=1S/C11H6BrN3O5S/c12-7-3-4-21-10(7)11(16)13-8-2-1-6(14(17)18)5-9(8)15(19)20/h1-5H,(H,13,16). The number of nitrogens with one attached hydrogen (secondary N) is 1. The fourth-order valence-electron chi connectivity index (χ4n) is 1.53. The van der Waals surface area contributed by atoms with Gasteiger partial charge in [-0.25, -0.2) is 0 Å². The summed E-state index contributed by atoms with van der Waals surface area (Å²) in [6.07, 6.45) is 0. The van der Waals surface area contributed by atoms with Gasteiger partial charge < -0.3 is 5.32 Å². The lowest BCUT2D eigenvalue weighted by Crippen LogP contribution is -2.12. The second-order valence-electron chi connectivity index (χ2n) is 3.77. The van der Waals surface area contributed by atoms with E-state index >= 15 is 0 Å². The number of non-ortho nitro benzene ring substituents is 1. The van der Waals surface area contributed by atoms with Gasteiger partial charge in [0, 0.05) is 10.5 Å². The van der Waals surface area contributed by atoms with Crippen LogP contribution >= 0.6 is 27.3 Å². The van der Waals surface area contributed by atoms with E-state index in [0.29, 0.717) is 9.35 Å². The van der Waals surface area contributed by atoms with Crippen molar-refractivity contribution in [1.29, 1.82) is 0 Å². The van der Waals surface area contributed by atoms with Crippen molar-refractivity contribution in [3.8, 4) is 0 Å². The highest BCUT2D eigenvalue weighted by atomic mass is 79.9. The first-order valence-electron chi connectivity index (χ1n) is 5.37.